The van der Waals surface area contributed by atoms with Crippen molar-refractivity contribution in [1.29, 1.82) is 0 Å². The van der Waals surface area contributed by atoms with Crippen molar-refractivity contribution in [2.75, 3.05) is 11.9 Å². The maximum absolute atomic E-state index is 11.1. The van der Waals surface area contributed by atoms with Crippen LogP contribution >= 0.6 is 0 Å². The second-order valence-corrected chi connectivity index (χ2v) is 2.93. The van der Waals surface area contributed by atoms with E-state index in [1.54, 1.807) is 6.07 Å². The van der Waals surface area contributed by atoms with Gasteiger partial charge in [-0.15, -0.1) is 0 Å². The second-order valence-electron chi connectivity index (χ2n) is 2.93. The van der Waals surface area contributed by atoms with Crippen LogP contribution in [0, 0.1) is 0 Å². The lowest BCUT2D eigenvalue weighted by molar-refractivity contribution is -0.115. The van der Waals surface area contributed by atoms with Crippen LogP contribution in [-0.2, 0) is 11.3 Å². The highest BCUT2D eigenvalue weighted by atomic mass is 16.2. The van der Waals surface area contributed by atoms with Crippen LogP contribution in [0.15, 0.2) is 12.3 Å². The third kappa shape index (κ3) is 1.70. The molecular formula is C8H8BN3O. The van der Waals surface area contributed by atoms with Gasteiger partial charge in [-0.1, -0.05) is 11.5 Å². The van der Waals surface area contributed by atoms with Gasteiger partial charge < -0.3 is 10.6 Å². The summed E-state index contributed by atoms with van der Waals surface area (Å²) in [5, 5.41) is 5.65. The quantitative estimate of drug-likeness (QED) is 0.490. The number of carbonyl (C=O) groups is 1. The molecule has 64 valence electrons. The van der Waals surface area contributed by atoms with E-state index in [1.165, 1.54) is 6.20 Å². The normalized spacial score (nSPS) is 15.8. The fraction of sp³-hybridized carbons (Fsp3) is 0.250. The number of pyridine rings is 1. The highest BCUT2D eigenvalue weighted by Crippen LogP contribution is 2.11. The lowest BCUT2D eigenvalue weighted by atomic mass is 9.97. The molecule has 1 aliphatic rings. The largest absolute Gasteiger partial charge is 0.309 e. The number of rotatable bonds is 0. The molecule has 1 aromatic heterocycles. The Kier molecular flexibility index (Phi) is 2.02. The Labute approximate surface area is 77.2 Å². The number of anilines is 1. The minimum absolute atomic E-state index is 0.0731. The molecule has 0 bridgehead atoms. The highest BCUT2D eigenvalue weighted by molar-refractivity contribution is 6.32. The number of nitrogens with one attached hydrogen (secondary N) is 2. The van der Waals surface area contributed by atoms with Crippen molar-refractivity contribution in [2.45, 2.75) is 6.54 Å². The molecule has 13 heavy (non-hydrogen) atoms. The van der Waals surface area contributed by atoms with E-state index in [2.05, 4.69) is 15.6 Å². The van der Waals surface area contributed by atoms with Gasteiger partial charge in [0.2, 0.25) is 5.91 Å². The van der Waals surface area contributed by atoms with Crippen LogP contribution in [0.2, 0.25) is 0 Å². The molecule has 0 fully saturated rings. The molecule has 4 nitrogen and oxygen atoms in total. The predicted molar refractivity (Wildman–Crippen MR) is 50.0 cm³/mol. The summed E-state index contributed by atoms with van der Waals surface area (Å²) in [5.41, 5.74) is 1.53. The molecule has 1 amide bonds. The van der Waals surface area contributed by atoms with Gasteiger partial charge in [0.15, 0.2) is 0 Å². The van der Waals surface area contributed by atoms with Gasteiger partial charge in [-0.2, -0.15) is 0 Å². The minimum atomic E-state index is -0.0731. The number of fused-ring (bicyclic) bond motifs is 1. The molecule has 2 N–H and O–H groups in total. The van der Waals surface area contributed by atoms with E-state index in [1.807, 2.05) is 0 Å². The Morgan fingerprint density at radius 2 is 2.31 bits per heavy atom. The second kappa shape index (κ2) is 3.18. The molecule has 5 heteroatoms. The summed E-state index contributed by atoms with van der Waals surface area (Å²) < 4.78 is 0. The summed E-state index contributed by atoms with van der Waals surface area (Å²) >= 11 is 0. The van der Waals surface area contributed by atoms with Crippen LogP contribution < -0.4 is 16.1 Å². The minimum Gasteiger partial charge on any atom is -0.309 e. The Morgan fingerprint density at radius 1 is 1.46 bits per heavy atom. The Hall–Kier alpha value is -1.36. The Bertz CT molecular complexity index is 353. The summed E-state index contributed by atoms with van der Waals surface area (Å²) in [7, 11) is 5.56. The van der Waals surface area contributed by atoms with Gasteiger partial charge in [0, 0.05) is 18.3 Å². The number of hydrogen-bond acceptors (Lipinski definition) is 3. The molecular weight excluding hydrogens is 165 g/mol. The molecule has 0 aliphatic carbocycles. The molecule has 0 spiro atoms. The van der Waals surface area contributed by atoms with Crippen LogP contribution in [-0.4, -0.2) is 25.3 Å². The third-order valence-corrected chi connectivity index (χ3v) is 1.85. The first kappa shape index (κ1) is 8.25. The first-order valence-electron chi connectivity index (χ1n) is 4.00. The number of hydrogen-bond donors (Lipinski definition) is 2. The molecule has 0 unspecified atom stereocenters. The van der Waals surface area contributed by atoms with Gasteiger partial charge in [0.25, 0.3) is 0 Å². The van der Waals surface area contributed by atoms with Gasteiger partial charge in [0.1, 0.15) is 13.7 Å². The molecule has 2 radical (unpaired) electrons. The number of carbonyl (C=O) groups excluding carboxylic acids is 1. The van der Waals surface area contributed by atoms with Crippen molar-refractivity contribution in [3.63, 3.8) is 0 Å². The maximum atomic E-state index is 11.1. The first-order valence-corrected chi connectivity index (χ1v) is 4.00. The molecule has 1 aliphatic heterocycles. The average Bonchev–Trinajstić information content (AvgIpc) is 2.25. The molecule has 0 atom stereocenters. The first-order chi connectivity index (χ1) is 6.25. The van der Waals surface area contributed by atoms with Crippen LogP contribution in [0.5, 0.6) is 0 Å². The summed E-state index contributed by atoms with van der Waals surface area (Å²) in [6, 6.07) is 1.81. The van der Waals surface area contributed by atoms with Crippen molar-refractivity contribution in [3.05, 3.63) is 17.8 Å². The van der Waals surface area contributed by atoms with Gasteiger partial charge in [0.05, 0.1) is 6.54 Å². The van der Waals surface area contributed by atoms with Crippen LogP contribution in [0.3, 0.4) is 0 Å². The fourth-order valence-corrected chi connectivity index (χ4v) is 1.26. The topological polar surface area (TPSA) is 54.0 Å². The number of amides is 1. The van der Waals surface area contributed by atoms with Crippen LogP contribution in [0.25, 0.3) is 0 Å². The summed E-state index contributed by atoms with van der Waals surface area (Å²) in [5.74, 6) is 0.528. The summed E-state index contributed by atoms with van der Waals surface area (Å²) in [4.78, 5) is 15.1. The summed E-state index contributed by atoms with van der Waals surface area (Å²) in [6.45, 7) is 0.933. The van der Waals surface area contributed by atoms with Crippen molar-refractivity contribution in [1.82, 2.24) is 10.3 Å². The van der Waals surface area contributed by atoms with E-state index < -0.39 is 0 Å². The van der Waals surface area contributed by atoms with Gasteiger partial charge >= 0.3 is 0 Å². The lowest BCUT2D eigenvalue weighted by Crippen LogP contribution is -2.23. The lowest BCUT2D eigenvalue weighted by Gasteiger charge is -2.04. The summed E-state index contributed by atoms with van der Waals surface area (Å²) in [6.07, 6.45) is 1.53. The molecule has 2 rings (SSSR count). The molecule has 0 saturated carbocycles. The molecule has 0 aromatic carbocycles. The van der Waals surface area contributed by atoms with Gasteiger partial charge in [-0.25, -0.2) is 4.98 Å². The van der Waals surface area contributed by atoms with Gasteiger partial charge in [-0.3, -0.25) is 4.79 Å². The molecule has 0 saturated heterocycles. The monoisotopic (exact) mass is 173 g/mol. The maximum Gasteiger partial charge on any atom is 0.239 e. The smallest absolute Gasteiger partial charge is 0.239 e. The molecule has 2 heterocycles. The number of aromatic nitrogens is 1. The van der Waals surface area contributed by atoms with Crippen LogP contribution in [0.1, 0.15) is 5.56 Å². The molecule has 1 aromatic rings. The Balaban J connectivity index is 2.40. The van der Waals surface area contributed by atoms with Gasteiger partial charge in [-0.05, 0) is 0 Å². The predicted octanol–water partition coefficient (Wildman–Crippen LogP) is -1.08. The zero-order chi connectivity index (χ0) is 9.26. The van der Waals surface area contributed by atoms with E-state index in [-0.39, 0.29) is 5.91 Å². The standard InChI is InChI=1S/C8H8BN3O/c9-6-1-5-2-10-4-7(13)12-8(5)11-3-6/h1,3,10H,2,4H2,(H,11,12,13). The van der Waals surface area contributed by atoms with E-state index >= 15 is 0 Å². The third-order valence-electron chi connectivity index (χ3n) is 1.85. The van der Waals surface area contributed by atoms with E-state index in [0.717, 1.165) is 5.56 Å². The van der Waals surface area contributed by atoms with E-state index in [9.17, 15) is 4.79 Å². The van der Waals surface area contributed by atoms with Crippen molar-refractivity contribution < 1.29 is 4.79 Å². The van der Waals surface area contributed by atoms with Crippen molar-refractivity contribution in [3.8, 4) is 0 Å². The fourth-order valence-electron chi connectivity index (χ4n) is 1.26. The SMILES string of the molecule is [B]c1cnc2c(c1)CNCC(=O)N2. The zero-order valence-electron chi connectivity index (χ0n) is 7.00. The Morgan fingerprint density at radius 3 is 3.15 bits per heavy atom. The van der Waals surface area contributed by atoms with Crippen LogP contribution in [0.4, 0.5) is 5.82 Å². The van der Waals surface area contributed by atoms with E-state index in [0.29, 0.717) is 24.4 Å². The van der Waals surface area contributed by atoms with E-state index in [4.69, 9.17) is 7.85 Å². The highest BCUT2D eigenvalue weighted by Gasteiger charge is 2.12. The zero-order valence-corrected chi connectivity index (χ0v) is 7.00. The van der Waals surface area contributed by atoms with Crippen molar-refractivity contribution in [2.24, 2.45) is 0 Å². The average molecular weight is 173 g/mol. The van der Waals surface area contributed by atoms with Crippen molar-refractivity contribution >= 4 is 25.0 Å². The number of nitrogens with zero attached hydrogens (tertiary/aromatic N) is 1.